The highest BCUT2D eigenvalue weighted by Gasteiger charge is 2.30. The van der Waals surface area contributed by atoms with Gasteiger partial charge in [0.25, 0.3) is 0 Å². The van der Waals surface area contributed by atoms with Gasteiger partial charge in [0.15, 0.2) is 0 Å². The molecule has 1 heterocycles. The van der Waals surface area contributed by atoms with Crippen molar-refractivity contribution < 1.29 is 9.90 Å². The molecule has 0 radical (unpaired) electrons. The van der Waals surface area contributed by atoms with Crippen LogP contribution in [0.4, 0.5) is 0 Å². The summed E-state index contributed by atoms with van der Waals surface area (Å²) in [7, 11) is 0. The number of hydrogen-bond acceptors (Lipinski definition) is 3. The van der Waals surface area contributed by atoms with Crippen LogP contribution in [-0.2, 0) is 4.79 Å². The molecule has 0 saturated carbocycles. The van der Waals surface area contributed by atoms with E-state index in [0.717, 1.165) is 5.56 Å². The van der Waals surface area contributed by atoms with Crippen molar-refractivity contribution in [1.29, 1.82) is 0 Å². The standard InChI is InChI=1S/C10H10Cl2N2O2/c11-5-1-2-6(7(12)3-5)8-4-9(10(15)16)14-13-8/h1-3,8-9,13-14H,4H2,(H,15,16). The maximum atomic E-state index is 10.8. The molecule has 2 atom stereocenters. The van der Waals surface area contributed by atoms with E-state index < -0.39 is 12.0 Å². The Bertz CT molecular complexity index is 425. The second-order valence-electron chi connectivity index (χ2n) is 3.63. The molecule has 0 amide bonds. The Morgan fingerprint density at radius 2 is 2.12 bits per heavy atom. The Kier molecular flexibility index (Phi) is 3.35. The van der Waals surface area contributed by atoms with Crippen LogP contribution in [0, 0.1) is 0 Å². The summed E-state index contributed by atoms with van der Waals surface area (Å²) in [6.45, 7) is 0. The second kappa shape index (κ2) is 4.59. The smallest absolute Gasteiger partial charge is 0.322 e. The molecule has 1 saturated heterocycles. The van der Waals surface area contributed by atoms with Crippen LogP contribution in [0.15, 0.2) is 18.2 Å². The minimum Gasteiger partial charge on any atom is -0.480 e. The predicted octanol–water partition coefficient (Wildman–Crippen LogP) is 1.99. The first-order valence-electron chi connectivity index (χ1n) is 4.76. The minimum atomic E-state index is -0.875. The average molecular weight is 261 g/mol. The van der Waals surface area contributed by atoms with Gasteiger partial charge in [-0.15, -0.1) is 0 Å². The van der Waals surface area contributed by atoms with Crippen molar-refractivity contribution in [2.75, 3.05) is 0 Å². The normalized spacial score (nSPS) is 24.6. The molecule has 2 rings (SSSR count). The molecule has 3 N–H and O–H groups in total. The Balaban J connectivity index is 2.17. The van der Waals surface area contributed by atoms with Crippen LogP contribution < -0.4 is 10.9 Å². The van der Waals surface area contributed by atoms with Gasteiger partial charge in [-0.05, 0) is 24.1 Å². The number of hydrogen-bond donors (Lipinski definition) is 3. The van der Waals surface area contributed by atoms with Crippen molar-refractivity contribution in [3.05, 3.63) is 33.8 Å². The van der Waals surface area contributed by atoms with Crippen molar-refractivity contribution in [2.24, 2.45) is 0 Å². The lowest BCUT2D eigenvalue weighted by Gasteiger charge is -2.11. The Hall–Kier alpha value is -0.810. The zero-order chi connectivity index (χ0) is 11.7. The molecular formula is C10H10Cl2N2O2. The monoisotopic (exact) mass is 260 g/mol. The van der Waals surface area contributed by atoms with E-state index in [1.54, 1.807) is 18.2 Å². The van der Waals surface area contributed by atoms with Crippen molar-refractivity contribution >= 4 is 29.2 Å². The lowest BCUT2D eigenvalue weighted by molar-refractivity contribution is -0.139. The van der Waals surface area contributed by atoms with Gasteiger partial charge in [0.2, 0.25) is 0 Å². The van der Waals surface area contributed by atoms with Gasteiger partial charge >= 0.3 is 5.97 Å². The molecule has 1 aromatic rings. The third kappa shape index (κ3) is 2.30. The number of halogens is 2. The maximum absolute atomic E-state index is 10.8. The molecule has 0 spiro atoms. The van der Waals surface area contributed by atoms with Gasteiger partial charge in [-0.25, -0.2) is 10.9 Å². The molecule has 0 bridgehead atoms. The van der Waals surface area contributed by atoms with Crippen LogP contribution in [0.5, 0.6) is 0 Å². The Labute approximate surface area is 103 Å². The molecule has 1 aromatic carbocycles. The Morgan fingerprint density at radius 1 is 1.38 bits per heavy atom. The second-order valence-corrected chi connectivity index (χ2v) is 4.48. The summed E-state index contributed by atoms with van der Waals surface area (Å²) in [6, 6.07) is 4.49. The van der Waals surface area contributed by atoms with E-state index >= 15 is 0 Å². The quantitative estimate of drug-likeness (QED) is 0.761. The molecule has 2 unspecified atom stereocenters. The van der Waals surface area contributed by atoms with Gasteiger partial charge in [0, 0.05) is 16.1 Å². The molecule has 16 heavy (non-hydrogen) atoms. The largest absolute Gasteiger partial charge is 0.480 e. The summed E-state index contributed by atoms with van der Waals surface area (Å²) in [5.41, 5.74) is 6.46. The van der Waals surface area contributed by atoms with E-state index in [9.17, 15) is 4.79 Å². The number of aliphatic carboxylic acids is 1. The van der Waals surface area contributed by atoms with Gasteiger partial charge < -0.3 is 5.11 Å². The van der Waals surface area contributed by atoms with Crippen molar-refractivity contribution in [1.82, 2.24) is 10.9 Å². The van der Waals surface area contributed by atoms with Crippen LogP contribution in [-0.4, -0.2) is 17.1 Å². The summed E-state index contributed by atoms with van der Waals surface area (Å²) in [5.74, 6) is -0.875. The fourth-order valence-electron chi connectivity index (χ4n) is 1.71. The molecule has 4 nitrogen and oxygen atoms in total. The van der Waals surface area contributed by atoms with E-state index in [1.807, 2.05) is 0 Å². The summed E-state index contributed by atoms with van der Waals surface area (Å²) in [4.78, 5) is 10.8. The average Bonchev–Trinajstić information content (AvgIpc) is 2.66. The number of carboxylic acids is 1. The first-order valence-corrected chi connectivity index (χ1v) is 5.52. The molecule has 1 fully saturated rings. The SMILES string of the molecule is O=C(O)C1CC(c2ccc(Cl)cc2Cl)NN1. The molecule has 86 valence electrons. The highest BCUT2D eigenvalue weighted by Crippen LogP contribution is 2.30. The fraction of sp³-hybridized carbons (Fsp3) is 0.300. The van der Waals surface area contributed by atoms with Gasteiger partial charge in [-0.1, -0.05) is 29.3 Å². The van der Waals surface area contributed by atoms with Gasteiger partial charge in [-0.3, -0.25) is 4.79 Å². The molecule has 1 aliphatic rings. The fourth-order valence-corrected chi connectivity index (χ4v) is 2.25. The zero-order valence-corrected chi connectivity index (χ0v) is 9.72. The predicted molar refractivity (Wildman–Crippen MR) is 61.5 cm³/mol. The summed E-state index contributed by atoms with van der Waals surface area (Å²) >= 11 is 11.8. The van der Waals surface area contributed by atoms with E-state index in [4.69, 9.17) is 28.3 Å². The molecular weight excluding hydrogens is 251 g/mol. The molecule has 1 aliphatic heterocycles. The summed E-state index contributed by atoms with van der Waals surface area (Å²) in [5, 5.41) is 9.94. The number of rotatable bonds is 2. The number of nitrogens with one attached hydrogen (secondary N) is 2. The lowest BCUT2D eigenvalue weighted by Crippen LogP contribution is -2.36. The summed E-state index contributed by atoms with van der Waals surface area (Å²) < 4.78 is 0. The molecule has 6 heteroatoms. The summed E-state index contributed by atoms with van der Waals surface area (Å²) in [6.07, 6.45) is 0.455. The van der Waals surface area contributed by atoms with Gasteiger partial charge in [-0.2, -0.15) is 0 Å². The van der Waals surface area contributed by atoms with Crippen molar-refractivity contribution in [2.45, 2.75) is 18.5 Å². The first kappa shape index (κ1) is 11.7. The van der Waals surface area contributed by atoms with Crippen LogP contribution >= 0.6 is 23.2 Å². The number of carbonyl (C=O) groups is 1. The number of hydrazine groups is 1. The van der Waals surface area contributed by atoms with E-state index in [0.29, 0.717) is 16.5 Å². The van der Waals surface area contributed by atoms with E-state index in [2.05, 4.69) is 10.9 Å². The zero-order valence-electron chi connectivity index (χ0n) is 8.21. The van der Waals surface area contributed by atoms with Crippen molar-refractivity contribution in [3.63, 3.8) is 0 Å². The van der Waals surface area contributed by atoms with Gasteiger partial charge in [0.1, 0.15) is 6.04 Å². The first-order chi connectivity index (χ1) is 7.58. The third-order valence-corrected chi connectivity index (χ3v) is 3.10. The van der Waals surface area contributed by atoms with Crippen LogP contribution in [0.1, 0.15) is 18.0 Å². The molecule has 0 aromatic heterocycles. The third-order valence-electron chi connectivity index (χ3n) is 2.54. The highest BCUT2D eigenvalue weighted by atomic mass is 35.5. The van der Waals surface area contributed by atoms with Gasteiger partial charge in [0.05, 0.1) is 0 Å². The highest BCUT2D eigenvalue weighted by molar-refractivity contribution is 6.35. The van der Waals surface area contributed by atoms with E-state index in [-0.39, 0.29) is 6.04 Å². The van der Waals surface area contributed by atoms with Crippen LogP contribution in [0.25, 0.3) is 0 Å². The molecule has 0 aliphatic carbocycles. The van der Waals surface area contributed by atoms with Crippen LogP contribution in [0.3, 0.4) is 0 Å². The minimum absolute atomic E-state index is 0.106. The maximum Gasteiger partial charge on any atom is 0.322 e. The number of benzene rings is 1. The topological polar surface area (TPSA) is 61.4 Å². The number of carboxylic acid groups (broad SMARTS) is 1. The Morgan fingerprint density at radius 3 is 2.69 bits per heavy atom. The van der Waals surface area contributed by atoms with Crippen LogP contribution in [0.2, 0.25) is 10.0 Å². The lowest BCUT2D eigenvalue weighted by atomic mass is 10.0. The van der Waals surface area contributed by atoms with E-state index in [1.165, 1.54) is 0 Å². The van der Waals surface area contributed by atoms with Crippen molar-refractivity contribution in [3.8, 4) is 0 Å².